The third-order valence-corrected chi connectivity index (χ3v) is 4.39. The van der Waals surface area contributed by atoms with Crippen molar-refractivity contribution in [2.75, 3.05) is 13.1 Å². The van der Waals surface area contributed by atoms with Crippen LogP contribution < -0.4 is 0 Å². The fraction of sp³-hybridized carbons (Fsp3) is 0.385. The van der Waals surface area contributed by atoms with E-state index in [1.165, 1.54) is 11.3 Å². The number of carboxylic acid groups (broad SMARTS) is 1. The van der Waals surface area contributed by atoms with Gasteiger partial charge >= 0.3 is 5.97 Å². The van der Waals surface area contributed by atoms with E-state index < -0.39 is 11.9 Å². The first-order valence-corrected chi connectivity index (χ1v) is 7.39. The van der Waals surface area contributed by atoms with Gasteiger partial charge < -0.3 is 10.0 Å². The number of aliphatic carboxylic acids is 1. The van der Waals surface area contributed by atoms with Crippen molar-refractivity contribution in [1.82, 2.24) is 19.7 Å². The molecular weight excluding hydrogens is 328 g/mol. The van der Waals surface area contributed by atoms with Crippen molar-refractivity contribution in [2.45, 2.75) is 6.42 Å². The number of halogens is 1. The van der Waals surface area contributed by atoms with E-state index in [0.717, 1.165) is 10.6 Å². The minimum absolute atomic E-state index is 0. The minimum atomic E-state index is -0.848. The Morgan fingerprint density at radius 3 is 2.82 bits per heavy atom. The molecule has 9 heteroatoms. The van der Waals surface area contributed by atoms with E-state index in [-0.39, 0.29) is 24.9 Å². The highest BCUT2D eigenvalue weighted by Gasteiger charge is 2.32. The Morgan fingerprint density at radius 2 is 2.23 bits per heavy atom. The van der Waals surface area contributed by atoms with E-state index >= 15 is 0 Å². The summed E-state index contributed by atoms with van der Waals surface area (Å²) in [5.74, 6) is -1.52. The molecule has 1 aliphatic rings. The van der Waals surface area contributed by atoms with Gasteiger partial charge in [-0.05, 0) is 6.42 Å². The molecule has 0 saturated carbocycles. The summed E-state index contributed by atoms with van der Waals surface area (Å²) >= 11 is 1.38. The Balaban J connectivity index is 0.00000176. The molecule has 1 N–H and O–H groups in total. The molecule has 0 aromatic carbocycles. The van der Waals surface area contributed by atoms with Crippen LogP contribution in [0, 0.1) is 5.92 Å². The van der Waals surface area contributed by atoms with Crippen LogP contribution in [0.4, 0.5) is 0 Å². The molecule has 0 radical (unpaired) electrons. The second-order valence-electron chi connectivity index (χ2n) is 5.02. The van der Waals surface area contributed by atoms with E-state index in [1.54, 1.807) is 21.2 Å². The summed E-state index contributed by atoms with van der Waals surface area (Å²) in [4.78, 5) is 29.1. The molecule has 0 bridgehead atoms. The molecule has 1 unspecified atom stereocenters. The van der Waals surface area contributed by atoms with Crippen molar-refractivity contribution in [1.29, 1.82) is 0 Å². The number of carboxylic acids is 1. The topological polar surface area (TPSA) is 88.3 Å². The molecule has 1 saturated heterocycles. The Morgan fingerprint density at radius 1 is 1.45 bits per heavy atom. The molecule has 3 heterocycles. The van der Waals surface area contributed by atoms with Gasteiger partial charge in [-0.1, -0.05) is 0 Å². The van der Waals surface area contributed by atoms with Crippen LogP contribution >= 0.6 is 23.7 Å². The molecule has 0 spiro atoms. The van der Waals surface area contributed by atoms with Gasteiger partial charge in [0.1, 0.15) is 10.7 Å². The van der Waals surface area contributed by atoms with Gasteiger partial charge in [0.15, 0.2) is 0 Å². The van der Waals surface area contributed by atoms with Gasteiger partial charge in [0.25, 0.3) is 5.91 Å². The lowest BCUT2D eigenvalue weighted by molar-refractivity contribution is -0.141. The average Bonchev–Trinajstić information content (AvgIpc) is 3.17. The van der Waals surface area contributed by atoms with Crippen LogP contribution in [-0.2, 0) is 11.8 Å². The first-order valence-electron chi connectivity index (χ1n) is 6.51. The van der Waals surface area contributed by atoms with Crippen LogP contribution in [0.15, 0.2) is 17.8 Å². The van der Waals surface area contributed by atoms with E-state index in [2.05, 4.69) is 10.1 Å². The van der Waals surface area contributed by atoms with Crippen LogP contribution in [0.5, 0.6) is 0 Å². The van der Waals surface area contributed by atoms with Crippen molar-refractivity contribution in [2.24, 2.45) is 13.0 Å². The predicted octanol–water partition coefficient (Wildman–Crippen LogP) is 1.51. The monoisotopic (exact) mass is 342 g/mol. The SMILES string of the molecule is Cl.Cn1cc(-c2nc(C(=O)N3CCC(C(=O)O)C3)cs2)cn1. The van der Waals surface area contributed by atoms with Crippen molar-refractivity contribution < 1.29 is 14.7 Å². The molecule has 7 nitrogen and oxygen atoms in total. The number of hydrogen-bond acceptors (Lipinski definition) is 5. The molecule has 1 aliphatic heterocycles. The molecule has 1 amide bonds. The molecule has 22 heavy (non-hydrogen) atoms. The number of nitrogens with zero attached hydrogens (tertiary/aromatic N) is 4. The Bertz CT molecular complexity index is 699. The standard InChI is InChI=1S/C13H14N4O3S.ClH/c1-16-5-9(4-14-16)11-15-10(7-21-11)12(18)17-3-2-8(6-17)13(19)20;/h4-5,7-8H,2-3,6H2,1H3,(H,19,20);1H. The number of rotatable bonds is 3. The number of thiazole rings is 1. The number of likely N-dealkylation sites (tertiary alicyclic amines) is 1. The van der Waals surface area contributed by atoms with Gasteiger partial charge in [0, 0.05) is 37.3 Å². The average molecular weight is 343 g/mol. The van der Waals surface area contributed by atoms with E-state index in [1.807, 2.05) is 13.2 Å². The second kappa shape index (κ2) is 6.45. The quantitative estimate of drug-likeness (QED) is 0.913. The largest absolute Gasteiger partial charge is 0.481 e. The highest BCUT2D eigenvalue weighted by atomic mass is 35.5. The van der Waals surface area contributed by atoms with Gasteiger partial charge in [-0.15, -0.1) is 23.7 Å². The van der Waals surface area contributed by atoms with Crippen molar-refractivity contribution in [3.63, 3.8) is 0 Å². The third kappa shape index (κ3) is 3.12. The van der Waals surface area contributed by atoms with E-state index in [9.17, 15) is 9.59 Å². The third-order valence-electron chi connectivity index (χ3n) is 3.50. The summed E-state index contributed by atoms with van der Waals surface area (Å²) in [6, 6.07) is 0. The number of aryl methyl sites for hydroxylation is 1. The van der Waals surface area contributed by atoms with Crippen molar-refractivity contribution in [3.05, 3.63) is 23.5 Å². The Hall–Kier alpha value is -1.93. The summed E-state index contributed by atoms with van der Waals surface area (Å²) in [6.07, 6.45) is 4.04. The first kappa shape index (κ1) is 16.4. The van der Waals surface area contributed by atoms with Crippen molar-refractivity contribution in [3.8, 4) is 10.6 Å². The molecular formula is C13H15ClN4O3S. The highest BCUT2D eigenvalue weighted by Crippen LogP contribution is 2.25. The molecule has 2 aromatic rings. The lowest BCUT2D eigenvalue weighted by Crippen LogP contribution is -2.30. The van der Waals surface area contributed by atoms with Crippen LogP contribution in [0.2, 0.25) is 0 Å². The maximum Gasteiger partial charge on any atom is 0.308 e. The molecule has 3 rings (SSSR count). The molecule has 2 aromatic heterocycles. The number of hydrogen-bond donors (Lipinski definition) is 1. The molecule has 118 valence electrons. The minimum Gasteiger partial charge on any atom is -0.481 e. The van der Waals surface area contributed by atoms with Crippen molar-refractivity contribution >= 4 is 35.6 Å². The number of aromatic nitrogens is 3. The predicted molar refractivity (Wildman–Crippen MR) is 83.2 cm³/mol. The summed E-state index contributed by atoms with van der Waals surface area (Å²) in [7, 11) is 1.82. The van der Waals surface area contributed by atoms with Gasteiger partial charge in [0.2, 0.25) is 0 Å². The first-order chi connectivity index (χ1) is 10.0. The Kier molecular flexibility index (Phi) is 4.82. The molecule has 1 atom stereocenters. The van der Waals surface area contributed by atoms with Gasteiger partial charge in [-0.25, -0.2) is 4.98 Å². The number of carbonyl (C=O) groups is 2. The van der Waals surface area contributed by atoms with Gasteiger partial charge in [0.05, 0.1) is 12.1 Å². The zero-order valence-electron chi connectivity index (χ0n) is 11.8. The summed E-state index contributed by atoms with van der Waals surface area (Å²) in [5.41, 5.74) is 1.23. The summed E-state index contributed by atoms with van der Waals surface area (Å²) in [5, 5.41) is 15.5. The maximum atomic E-state index is 12.3. The van der Waals surface area contributed by atoms with Crippen LogP contribution in [-0.4, -0.2) is 49.7 Å². The van der Waals surface area contributed by atoms with E-state index in [0.29, 0.717) is 18.7 Å². The summed E-state index contributed by atoms with van der Waals surface area (Å²) < 4.78 is 1.68. The molecule has 1 fully saturated rings. The fourth-order valence-electron chi connectivity index (χ4n) is 2.34. The second-order valence-corrected chi connectivity index (χ2v) is 5.87. The highest BCUT2D eigenvalue weighted by molar-refractivity contribution is 7.13. The molecule has 0 aliphatic carbocycles. The fourth-order valence-corrected chi connectivity index (χ4v) is 3.11. The maximum absolute atomic E-state index is 12.3. The summed E-state index contributed by atoms with van der Waals surface area (Å²) in [6.45, 7) is 0.726. The van der Waals surface area contributed by atoms with Gasteiger partial charge in [-0.3, -0.25) is 14.3 Å². The zero-order chi connectivity index (χ0) is 15.0. The number of amides is 1. The smallest absolute Gasteiger partial charge is 0.308 e. The normalized spacial score (nSPS) is 17.3. The van der Waals surface area contributed by atoms with E-state index in [4.69, 9.17) is 5.11 Å². The van der Waals surface area contributed by atoms with Crippen LogP contribution in [0.1, 0.15) is 16.9 Å². The van der Waals surface area contributed by atoms with Gasteiger partial charge in [-0.2, -0.15) is 5.10 Å². The Labute approximate surface area is 137 Å². The van der Waals surface area contributed by atoms with Crippen LogP contribution in [0.3, 0.4) is 0 Å². The zero-order valence-corrected chi connectivity index (χ0v) is 13.4. The number of carbonyl (C=O) groups excluding carboxylic acids is 1. The van der Waals surface area contributed by atoms with Crippen LogP contribution in [0.25, 0.3) is 10.6 Å². The lowest BCUT2D eigenvalue weighted by Gasteiger charge is -2.13. The lowest BCUT2D eigenvalue weighted by atomic mass is 10.1.